The van der Waals surface area contributed by atoms with Crippen LogP contribution in [0.2, 0.25) is 0 Å². The van der Waals surface area contributed by atoms with Crippen LogP contribution in [-0.4, -0.2) is 17.8 Å². The zero-order valence-electron chi connectivity index (χ0n) is 10.2. The molecular formula is C11H17INO3PS. The third kappa shape index (κ3) is 3.74. The highest BCUT2D eigenvalue weighted by Gasteiger charge is 2.25. The van der Waals surface area contributed by atoms with E-state index in [4.69, 9.17) is 8.71 Å². The average molecular weight is 401 g/mol. The second-order valence-corrected chi connectivity index (χ2v) is 6.85. The number of aromatic nitrogens is 1. The van der Waals surface area contributed by atoms with Crippen LogP contribution in [0.15, 0.2) is 15.4 Å². The highest BCUT2D eigenvalue weighted by Crippen LogP contribution is 2.36. The lowest BCUT2D eigenvalue weighted by Gasteiger charge is -2.26. The first-order valence-electron chi connectivity index (χ1n) is 6.05. The van der Waals surface area contributed by atoms with E-state index in [0.29, 0.717) is 20.6 Å². The minimum absolute atomic E-state index is 0.00222. The highest BCUT2D eigenvalue weighted by atomic mass is 127. The molecule has 0 bridgehead atoms. The van der Waals surface area contributed by atoms with E-state index >= 15 is 0 Å². The Bertz CT molecular complexity index is 428. The van der Waals surface area contributed by atoms with E-state index in [1.165, 1.54) is 13.7 Å². The van der Waals surface area contributed by atoms with Crippen LogP contribution in [0, 0.1) is 5.92 Å². The van der Waals surface area contributed by atoms with Crippen LogP contribution in [0.3, 0.4) is 0 Å². The molecule has 1 atom stereocenters. The second-order valence-electron chi connectivity index (χ2n) is 4.56. The number of rotatable bonds is 5. The Morgan fingerprint density at radius 3 is 2.83 bits per heavy atom. The largest absolute Gasteiger partial charge is 0.377 e. The molecule has 1 saturated carbocycles. The molecule has 7 heteroatoms. The van der Waals surface area contributed by atoms with Crippen molar-refractivity contribution in [3.05, 3.63) is 22.2 Å². The third-order valence-electron chi connectivity index (χ3n) is 3.46. The van der Waals surface area contributed by atoms with Gasteiger partial charge in [-0.15, -0.1) is 0 Å². The van der Waals surface area contributed by atoms with Crippen LogP contribution in [0.4, 0.5) is 0 Å². The summed E-state index contributed by atoms with van der Waals surface area (Å²) in [5, 5.41) is 0. The first kappa shape index (κ1) is 14.9. The Balaban J connectivity index is 1.90. The van der Waals surface area contributed by atoms with Gasteiger partial charge in [-0.25, -0.2) is 0 Å². The molecule has 0 amide bonds. The topological polar surface area (TPSA) is 44.4 Å². The Labute approximate surface area is 125 Å². The fraction of sp³-hybridized carbons (Fsp3) is 0.727. The zero-order valence-corrected chi connectivity index (χ0v) is 14.2. The van der Waals surface area contributed by atoms with Crippen molar-refractivity contribution in [1.29, 1.82) is 0 Å². The summed E-state index contributed by atoms with van der Waals surface area (Å²) in [6.07, 6.45) is 4.51. The third-order valence-corrected chi connectivity index (χ3v) is 5.17. The summed E-state index contributed by atoms with van der Waals surface area (Å²) < 4.78 is 12.4. The van der Waals surface area contributed by atoms with Crippen LogP contribution >= 0.6 is 39.2 Å². The maximum absolute atomic E-state index is 11.6. The van der Waals surface area contributed by atoms with Crippen molar-refractivity contribution in [3.8, 4) is 0 Å². The van der Waals surface area contributed by atoms with Crippen molar-refractivity contribution in [2.24, 2.45) is 5.92 Å². The molecule has 0 radical (unpaired) electrons. The Morgan fingerprint density at radius 1 is 1.56 bits per heavy atom. The van der Waals surface area contributed by atoms with Crippen LogP contribution < -0.4 is 5.56 Å². The lowest BCUT2D eigenvalue weighted by Crippen LogP contribution is -2.16. The summed E-state index contributed by atoms with van der Waals surface area (Å²) in [4.78, 5) is 11.6. The molecule has 1 unspecified atom stereocenters. The van der Waals surface area contributed by atoms with Gasteiger partial charge in [-0.05, 0) is 38.3 Å². The van der Waals surface area contributed by atoms with E-state index in [9.17, 15) is 4.79 Å². The van der Waals surface area contributed by atoms with Crippen molar-refractivity contribution in [2.75, 3.05) is 13.3 Å². The fourth-order valence-corrected chi connectivity index (χ4v) is 3.61. The summed E-state index contributed by atoms with van der Waals surface area (Å²) in [6.45, 7) is 2.78. The second kappa shape index (κ2) is 7.31. The van der Waals surface area contributed by atoms with Gasteiger partial charge in [0.15, 0.2) is 0 Å². The molecule has 0 aliphatic heterocycles. The van der Waals surface area contributed by atoms with Crippen LogP contribution in [0.1, 0.15) is 37.4 Å². The Morgan fingerprint density at radius 2 is 2.28 bits per heavy atom. The predicted molar refractivity (Wildman–Crippen MR) is 84.9 cm³/mol. The van der Waals surface area contributed by atoms with Gasteiger partial charge in [0, 0.05) is 41.9 Å². The van der Waals surface area contributed by atoms with E-state index in [-0.39, 0.29) is 5.56 Å². The minimum Gasteiger partial charge on any atom is -0.377 e. The minimum atomic E-state index is -0.00222. The zero-order chi connectivity index (χ0) is 13.0. The van der Waals surface area contributed by atoms with Crippen molar-refractivity contribution in [3.63, 3.8) is 0 Å². The molecule has 1 aromatic heterocycles. The lowest BCUT2D eigenvalue weighted by atomic mass is 9.81. The van der Waals surface area contributed by atoms with Crippen LogP contribution in [0.5, 0.6) is 0 Å². The molecule has 1 aromatic rings. The Kier molecular flexibility index (Phi) is 6.04. The van der Waals surface area contributed by atoms with Gasteiger partial charge >= 0.3 is 0 Å². The molecule has 1 aliphatic carbocycles. The van der Waals surface area contributed by atoms with E-state index < -0.39 is 0 Å². The van der Waals surface area contributed by atoms with Gasteiger partial charge in [0.1, 0.15) is 5.76 Å². The van der Waals surface area contributed by atoms with E-state index in [1.807, 2.05) is 6.66 Å². The summed E-state index contributed by atoms with van der Waals surface area (Å²) in [5.41, 5.74) is -0.00222. The SMILES string of the molecule is CPn1oc(C2CCC(COSI)CC2)cc1=O. The smallest absolute Gasteiger partial charge is 0.285 e. The molecular weight excluding hydrogens is 384 g/mol. The molecule has 0 saturated heterocycles. The quantitative estimate of drug-likeness (QED) is 0.428. The molecule has 2 rings (SSSR count). The van der Waals surface area contributed by atoms with E-state index in [2.05, 4.69) is 21.2 Å². The lowest BCUT2D eigenvalue weighted by molar-refractivity contribution is 0.210. The van der Waals surface area contributed by atoms with Crippen molar-refractivity contribution in [2.45, 2.75) is 31.6 Å². The summed E-state index contributed by atoms with van der Waals surface area (Å²) in [7, 11) is 1.78. The summed E-state index contributed by atoms with van der Waals surface area (Å²) in [6, 6.07) is 1.67. The van der Waals surface area contributed by atoms with Crippen LogP contribution in [-0.2, 0) is 4.18 Å². The van der Waals surface area contributed by atoms with Crippen molar-refractivity contribution < 1.29 is 8.71 Å². The van der Waals surface area contributed by atoms with Gasteiger partial charge in [0.25, 0.3) is 5.56 Å². The van der Waals surface area contributed by atoms with E-state index in [0.717, 1.165) is 38.1 Å². The van der Waals surface area contributed by atoms with E-state index in [1.54, 1.807) is 6.07 Å². The fourth-order valence-electron chi connectivity index (χ4n) is 2.44. The van der Waals surface area contributed by atoms with Crippen molar-refractivity contribution in [1.82, 2.24) is 4.51 Å². The Hall–Kier alpha value is 0.480. The maximum atomic E-state index is 11.6. The van der Waals surface area contributed by atoms with Gasteiger partial charge in [0.2, 0.25) is 0 Å². The normalized spacial score (nSPS) is 25.0. The van der Waals surface area contributed by atoms with Crippen LogP contribution in [0.25, 0.3) is 0 Å². The molecule has 1 aliphatic rings. The monoisotopic (exact) mass is 401 g/mol. The van der Waals surface area contributed by atoms with Gasteiger partial charge in [-0.2, -0.15) is 4.51 Å². The molecule has 0 aromatic carbocycles. The molecule has 18 heavy (non-hydrogen) atoms. The van der Waals surface area contributed by atoms with Gasteiger partial charge in [0.05, 0.1) is 15.8 Å². The number of hydrogen-bond donors (Lipinski definition) is 0. The molecule has 1 heterocycles. The molecule has 0 spiro atoms. The summed E-state index contributed by atoms with van der Waals surface area (Å²) >= 11 is 2.15. The molecule has 102 valence electrons. The molecule has 4 nitrogen and oxygen atoms in total. The van der Waals surface area contributed by atoms with Gasteiger partial charge in [-0.1, -0.05) is 0 Å². The first-order chi connectivity index (χ1) is 8.74. The standard InChI is InChI=1S/C11H17INO3PS/c1-17-13-11(14)6-10(16-13)9-4-2-8(3-5-9)7-15-18-12/h6,8-9,17H,2-5,7H2,1H3. The highest BCUT2D eigenvalue weighted by molar-refractivity contribution is 14.2. The molecule has 0 N–H and O–H groups in total. The molecule has 1 fully saturated rings. The number of hydrogen-bond acceptors (Lipinski definition) is 4. The number of halogens is 1. The average Bonchev–Trinajstić information content (AvgIpc) is 2.78. The van der Waals surface area contributed by atoms with Gasteiger partial charge in [-0.3, -0.25) is 4.79 Å². The predicted octanol–water partition coefficient (Wildman–Crippen LogP) is 3.80. The van der Waals surface area contributed by atoms with Crippen molar-refractivity contribution >= 4 is 39.2 Å². The van der Waals surface area contributed by atoms with Gasteiger partial charge < -0.3 is 8.71 Å². The summed E-state index contributed by atoms with van der Waals surface area (Å²) in [5.74, 6) is 1.95. The number of nitrogens with zero attached hydrogens (tertiary/aromatic N) is 1. The first-order valence-corrected chi connectivity index (χ1v) is 10.8. The maximum Gasteiger partial charge on any atom is 0.285 e.